The van der Waals surface area contributed by atoms with Crippen LogP contribution in [0.3, 0.4) is 0 Å². The van der Waals surface area contributed by atoms with Gasteiger partial charge in [0.2, 0.25) is 0 Å². The molecule has 0 aliphatic carbocycles. The molecule has 0 fully saturated rings. The minimum absolute atomic E-state index is 1.18. The van der Waals surface area contributed by atoms with Gasteiger partial charge in [0.25, 0.3) is 0 Å². The minimum atomic E-state index is 1.18. The Balaban J connectivity index is 2.22. The third-order valence-electron chi connectivity index (χ3n) is 3.24. The van der Waals surface area contributed by atoms with Gasteiger partial charge in [0, 0.05) is 13.6 Å². The van der Waals surface area contributed by atoms with Crippen LogP contribution in [-0.2, 0) is 12.8 Å². The first kappa shape index (κ1) is 14.7. The van der Waals surface area contributed by atoms with Crippen LogP contribution in [0, 0.1) is 0 Å². The second-order valence-electron chi connectivity index (χ2n) is 4.84. The van der Waals surface area contributed by atoms with Crippen molar-refractivity contribution in [2.24, 2.45) is 0 Å². The summed E-state index contributed by atoms with van der Waals surface area (Å²) in [4.78, 5) is 3.13. The standard InChI is InChI=1S/C14H27N2P/c1-3-5-7-9-11-13-14(17-16-15-13)12-10-8-6-4-2/h3-12H2,1-2H3,(H,15,16). The second kappa shape index (κ2) is 9.65. The van der Waals surface area contributed by atoms with Gasteiger partial charge < -0.3 is 0 Å². The van der Waals surface area contributed by atoms with Crippen LogP contribution in [0.1, 0.15) is 76.2 Å². The number of aryl methyl sites for hydroxylation is 2. The van der Waals surface area contributed by atoms with Gasteiger partial charge in [-0.25, -0.2) is 0 Å². The van der Waals surface area contributed by atoms with Crippen molar-refractivity contribution in [3.8, 4) is 0 Å². The van der Waals surface area contributed by atoms with Gasteiger partial charge in [-0.3, -0.25) is 4.86 Å². The maximum atomic E-state index is 4.43. The maximum Gasteiger partial charge on any atom is 0.0702 e. The number of nitrogens with zero attached hydrogens (tertiary/aromatic N) is 1. The summed E-state index contributed by atoms with van der Waals surface area (Å²) in [5, 5.41) is 5.98. The predicted molar refractivity (Wildman–Crippen MR) is 76.8 cm³/mol. The highest BCUT2D eigenvalue weighted by Crippen LogP contribution is 2.20. The van der Waals surface area contributed by atoms with Crippen molar-refractivity contribution in [2.45, 2.75) is 78.1 Å². The number of hydrogen-bond acceptors (Lipinski definition) is 1. The van der Waals surface area contributed by atoms with E-state index >= 15 is 0 Å². The molecule has 0 aliphatic rings. The molecule has 1 N–H and O–H groups in total. The van der Waals surface area contributed by atoms with Crippen molar-refractivity contribution in [1.29, 1.82) is 0 Å². The molecule has 0 spiro atoms. The van der Waals surface area contributed by atoms with E-state index in [1.54, 1.807) is 5.30 Å². The van der Waals surface area contributed by atoms with E-state index in [9.17, 15) is 0 Å². The fraction of sp³-hybridized carbons (Fsp3) is 0.857. The Morgan fingerprint density at radius 1 is 0.882 bits per heavy atom. The van der Waals surface area contributed by atoms with E-state index in [4.69, 9.17) is 0 Å². The summed E-state index contributed by atoms with van der Waals surface area (Å²) in [5.74, 6) is 0. The van der Waals surface area contributed by atoms with E-state index < -0.39 is 0 Å². The third kappa shape index (κ3) is 6.21. The summed E-state index contributed by atoms with van der Waals surface area (Å²) in [6.45, 7) is 4.53. The Kier molecular flexibility index (Phi) is 8.34. The highest BCUT2D eigenvalue weighted by Gasteiger charge is 2.05. The predicted octanol–water partition coefficient (Wildman–Crippen LogP) is 5.24. The lowest BCUT2D eigenvalue weighted by Crippen LogP contribution is -1.92. The minimum Gasteiger partial charge on any atom is -0.260 e. The van der Waals surface area contributed by atoms with Crippen LogP contribution in [0.5, 0.6) is 0 Å². The highest BCUT2D eigenvalue weighted by molar-refractivity contribution is 7.26. The summed E-state index contributed by atoms with van der Waals surface area (Å²) in [7, 11) is 1.25. The van der Waals surface area contributed by atoms with Crippen LogP contribution in [0.2, 0.25) is 0 Å². The summed E-state index contributed by atoms with van der Waals surface area (Å²) >= 11 is 0. The van der Waals surface area contributed by atoms with Gasteiger partial charge >= 0.3 is 0 Å². The van der Waals surface area contributed by atoms with Crippen LogP contribution >= 0.6 is 8.35 Å². The molecular formula is C14H27N2P. The van der Waals surface area contributed by atoms with Crippen LogP contribution < -0.4 is 0 Å². The third-order valence-corrected chi connectivity index (χ3v) is 4.19. The number of nitrogens with one attached hydrogen (secondary N) is 1. The lowest BCUT2D eigenvalue weighted by molar-refractivity contribution is 0.647. The van der Waals surface area contributed by atoms with Crippen molar-refractivity contribution < 1.29 is 0 Å². The Bertz CT molecular complexity index is 257. The zero-order chi connectivity index (χ0) is 12.3. The molecule has 1 aromatic rings. The van der Waals surface area contributed by atoms with Gasteiger partial charge in [-0.2, -0.15) is 5.10 Å². The molecule has 98 valence electrons. The van der Waals surface area contributed by atoms with Gasteiger partial charge in [0.1, 0.15) is 0 Å². The molecule has 0 saturated heterocycles. The largest absolute Gasteiger partial charge is 0.260 e. The molecule has 0 atom stereocenters. The lowest BCUT2D eigenvalue weighted by Gasteiger charge is -2.02. The summed E-state index contributed by atoms with van der Waals surface area (Å²) in [6, 6.07) is 0. The van der Waals surface area contributed by atoms with Crippen molar-refractivity contribution in [3.05, 3.63) is 11.0 Å². The van der Waals surface area contributed by atoms with Gasteiger partial charge in [-0.15, -0.1) is 0 Å². The van der Waals surface area contributed by atoms with Crippen molar-refractivity contribution >= 4 is 8.35 Å². The molecule has 0 radical (unpaired) electrons. The molecule has 3 heteroatoms. The van der Waals surface area contributed by atoms with E-state index in [2.05, 4.69) is 23.8 Å². The fourth-order valence-electron chi connectivity index (χ4n) is 2.11. The Labute approximate surface area is 108 Å². The molecule has 1 heterocycles. The normalized spacial score (nSPS) is 11.4. The second-order valence-corrected chi connectivity index (χ2v) is 5.80. The first-order valence-corrected chi connectivity index (χ1v) is 8.16. The first-order chi connectivity index (χ1) is 8.38. The Morgan fingerprint density at radius 3 is 2.18 bits per heavy atom. The zero-order valence-corrected chi connectivity index (χ0v) is 12.4. The highest BCUT2D eigenvalue weighted by atomic mass is 31.0. The van der Waals surface area contributed by atoms with Gasteiger partial charge in [-0.05, 0) is 25.7 Å². The lowest BCUT2D eigenvalue weighted by atomic mass is 10.1. The zero-order valence-electron chi connectivity index (χ0n) is 11.5. The van der Waals surface area contributed by atoms with Crippen LogP contribution in [-0.4, -0.2) is 9.96 Å². The molecule has 2 nitrogen and oxygen atoms in total. The SMILES string of the molecule is CCCCCCc1n[nH]pc1CCCCCC. The molecular weight excluding hydrogens is 227 g/mol. The molecule has 0 aromatic carbocycles. The van der Waals surface area contributed by atoms with E-state index in [-0.39, 0.29) is 0 Å². The topological polar surface area (TPSA) is 28.7 Å². The average Bonchev–Trinajstić information content (AvgIpc) is 2.78. The molecule has 0 amide bonds. The van der Waals surface area contributed by atoms with E-state index in [0.29, 0.717) is 0 Å². The molecule has 1 aromatic heterocycles. The van der Waals surface area contributed by atoms with Crippen LogP contribution in [0.4, 0.5) is 0 Å². The molecule has 0 aliphatic heterocycles. The Morgan fingerprint density at radius 2 is 1.53 bits per heavy atom. The monoisotopic (exact) mass is 254 g/mol. The van der Waals surface area contributed by atoms with Crippen LogP contribution in [0.25, 0.3) is 0 Å². The number of aromatic amines is 1. The van der Waals surface area contributed by atoms with Gasteiger partial charge in [-0.1, -0.05) is 52.4 Å². The molecule has 0 saturated carbocycles. The van der Waals surface area contributed by atoms with E-state index in [1.807, 2.05) is 0 Å². The Hall–Kier alpha value is -0.360. The smallest absolute Gasteiger partial charge is 0.0702 e. The molecule has 0 unspecified atom stereocenters. The first-order valence-electron chi connectivity index (χ1n) is 7.27. The number of unbranched alkanes of at least 4 members (excludes halogenated alkanes) is 6. The summed E-state index contributed by atoms with van der Waals surface area (Å²) in [5.41, 5.74) is 1.36. The van der Waals surface area contributed by atoms with Crippen LogP contribution in [0.15, 0.2) is 0 Å². The van der Waals surface area contributed by atoms with Crippen molar-refractivity contribution in [3.63, 3.8) is 0 Å². The number of rotatable bonds is 10. The quantitative estimate of drug-likeness (QED) is 0.569. The van der Waals surface area contributed by atoms with Gasteiger partial charge in [0.05, 0.1) is 5.69 Å². The maximum absolute atomic E-state index is 4.43. The van der Waals surface area contributed by atoms with Gasteiger partial charge in [0.15, 0.2) is 0 Å². The van der Waals surface area contributed by atoms with Crippen molar-refractivity contribution in [1.82, 2.24) is 9.96 Å². The molecule has 0 bridgehead atoms. The average molecular weight is 254 g/mol. The summed E-state index contributed by atoms with van der Waals surface area (Å²) < 4.78 is 0. The molecule has 1 rings (SSSR count). The van der Waals surface area contributed by atoms with E-state index in [0.717, 1.165) is 0 Å². The number of aromatic nitrogens is 2. The van der Waals surface area contributed by atoms with Crippen molar-refractivity contribution in [2.75, 3.05) is 0 Å². The summed E-state index contributed by atoms with van der Waals surface area (Å²) in [6.07, 6.45) is 13.2. The molecule has 17 heavy (non-hydrogen) atoms. The van der Waals surface area contributed by atoms with E-state index in [1.165, 1.54) is 78.3 Å². The fourth-order valence-corrected chi connectivity index (χ4v) is 2.97. The number of hydrogen-bond donors (Lipinski definition) is 1. The number of H-pyrrole nitrogens is 1.